The number of aromatic nitrogens is 1. The fraction of sp³-hybridized carbons (Fsp3) is 0.0833. The van der Waals surface area contributed by atoms with Crippen molar-refractivity contribution in [3.05, 3.63) is 88.3 Å². The number of carbonyl (C=O) groups is 1. The SMILES string of the molecule is Cn1c(NC(=O)c2ccc(F)cc2)c(-c2ccc3c(c2)OCO3)c(=O)c2ccccc21. The van der Waals surface area contributed by atoms with Gasteiger partial charge in [-0.1, -0.05) is 18.2 Å². The van der Waals surface area contributed by atoms with E-state index in [1.165, 1.54) is 24.3 Å². The molecule has 1 N–H and O–H groups in total. The first-order valence-electron chi connectivity index (χ1n) is 9.61. The van der Waals surface area contributed by atoms with Crippen LogP contribution < -0.4 is 20.2 Å². The van der Waals surface area contributed by atoms with Crippen LogP contribution in [0, 0.1) is 5.82 Å². The average molecular weight is 416 g/mol. The summed E-state index contributed by atoms with van der Waals surface area (Å²) >= 11 is 0. The van der Waals surface area contributed by atoms with Crippen LogP contribution >= 0.6 is 0 Å². The van der Waals surface area contributed by atoms with Gasteiger partial charge in [-0.15, -0.1) is 0 Å². The third kappa shape index (κ3) is 3.20. The van der Waals surface area contributed by atoms with Crippen molar-refractivity contribution in [1.29, 1.82) is 0 Å². The highest BCUT2D eigenvalue weighted by molar-refractivity contribution is 6.06. The molecule has 3 aromatic carbocycles. The van der Waals surface area contributed by atoms with E-state index < -0.39 is 11.7 Å². The summed E-state index contributed by atoms with van der Waals surface area (Å²) in [5, 5.41) is 3.37. The second-order valence-electron chi connectivity index (χ2n) is 7.16. The fourth-order valence-electron chi connectivity index (χ4n) is 3.74. The predicted molar refractivity (Wildman–Crippen MR) is 115 cm³/mol. The molecule has 0 bridgehead atoms. The first-order chi connectivity index (χ1) is 15.0. The highest BCUT2D eigenvalue weighted by Gasteiger charge is 2.22. The number of benzene rings is 3. The maximum absolute atomic E-state index is 13.5. The molecule has 7 heteroatoms. The molecule has 2 heterocycles. The van der Waals surface area contributed by atoms with E-state index in [0.717, 1.165) is 0 Å². The molecule has 0 unspecified atom stereocenters. The van der Waals surface area contributed by atoms with Crippen LogP contribution in [-0.4, -0.2) is 17.3 Å². The molecule has 1 amide bonds. The Kier molecular flexibility index (Phi) is 4.43. The van der Waals surface area contributed by atoms with Crippen molar-refractivity contribution in [3.63, 3.8) is 0 Å². The van der Waals surface area contributed by atoms with Gasteiger partial charge in [-0.25, -0.2) is 4.39 Å². The number of rotatable bonds is 3. The van der Waals surface area contributed by atoms with E-state index in [0.29, 0.717) is 39.3 Å². The third-order valence-electron chi connectivity index (χ3n) is 5.31. The van der Waals surface area contributed by atoms with Crippen LogP contribution in [0.15, 0.2) is 71.5 Å². The molecule has 1 aliphatic rings. The van der Waals surface area contributed by atoms with Crippen molar-refractivity contribution in [2.75, 3.05) is 12.1 Å². The van der Waals surface area contributed by atoms with Gasteiger partial charge in [0.05, 0.1) is 11.1 Å². The van der Waals surface area contributed by atoms with Gasteiger partial charge in [-0.05, 0) is 54.1 Å². The number of pyridine rings is 1. The number of halogens is 1. The quantitative estimate of drug-likeness (QED) is 0.540. The summed E-state index contributed by atoms with van der Waals surface area (Å²) in [7, 11) is 1.78. The number of amides is 1. The smallest absolute Gasteiger partial charge is 0.256 e. The number of ether oxygens (including phenoxy) is 2. The molecule has 0 atom stereocenters. The molecule has 0 fully saturated rings. The number of para-hydroxylation sites is 1. The fourth-order valence-corrected chi connectivity index (χ4v) is 3.74. The van der Waals surface area contributed by atoms with Crippen LogP contribution in [0.5, 0.6) is 11.5 Å². The molecular formula is C24H17FN2O4. The third-order valence-corrected chi connectivity index (χ3v) is 5.31. The molecule has 31 heavy (non-hydrogen) atoms. The zero-order chi connectivity index (χ0) is 21.5. The predicted octanol–water partition coefficient (Wildman–Crippen LogP) is 4.33. The first-order valence-corrected chi connectivity index (χ1v) is 9.61. The van der Waals surface area contributed by atoms with Crippen LogP contribution in [-0.2, 0) is 7.05 Å². The lowest BCUT2D eigenvalue weighted by molar-refractivity contribution is 0.102. The number of hydrogen-bond acceptors (Lipinski definition) is 4. The van der Waals surface area contributed by atoms with E-state index in [9.17, 15) is 14.0 Å². The molecular weight excluding hydrogens is 399 g/mol. The first kappa shape index (κ1) is 18.9. The summed E-state index contributed by atoms with van der Waals surface area (Å²) in [6.45, 7) is 0.114. The average Bonchev–Trinajstić information content (AvgIpc) is 3.26. The van der Waals surface area contributed by atoms with Crippen molar-refractivity contribution in [1.82, 2.24) is 4.57 Å². The van der Waals surface area contributed by atoms with E-state index in [-0.39, 0.29) is 17.8 Å². The minimum Gasteiger partial charge on any atom is -0.454 e. The van der Waals surface area contributed by atoms with E-state index in [1.54, 1.807) is 41.9 Å². The largest absolute Gasteiger partial charge is 0.454 e. The van der Waals surface area contributed by atoms with E-state index in [4.69, 9.17) is 9.47 Å². The van der Waals surface area contributed by atoms with E-state index in [1.807, 2.05) is 12.1 Å². The summed E-state index contributed by atoms with van der Waals surface area (Å²) in [5.41, 5.74) is 1.65. The summed E-state index contributed by atoms with van der Waals surface area (Å²) in [4.78, 5) is 26.4. The second kappa shape index (κ2) is 7.28. The summed E-state index contributed by atoms with van der Waals surface area (Å²) in [6.07, 6.45) is 0. The highest BCUT2D eigenvalue weighted by atomic mass is 19.1. The lowest BCUT2D eigenvalue weighted by Gasteiger charge is -2.18. The molecule has 0 radical (unpaired) electrons. The Morgan fingerprint density at radius 2 is 1.74 bits per heavy atom. The van der Waals surface area contributed by atoms with Crippen LogP contribution in [0.2, 0.25) is 0 Å². The van der Waals surface area contributed by atoms with Gasteiger partial charge in [0.2, 0.25) is 6.79 Å². The van der Waals surface area contributed by atoms with Crippen LogP contribution in [0.1, 0.15) is 10.4 Å². The van der Waals surface area contributed by atoms with Gasteiger partial charge in [0.25, 0.3) is 5.91 Å². The van der Waals surface area contributed by atoms with Gasteiger partial charge in [-0.2, -0.15) is 0 Å². The number of nitrogens with one attached hydrogen (secondary N) is 1. The topological polar surface area (TPSA) is 69.6 Å². The van der Waals surface area contributed by atoms with Gasteiger partial charge in [0.15, 0.2) is 16.9 Å². The maximum atomic E-state index is 13.5. The number of hydrogen-bond donors (Lipinski definition) is 1. The molecule has 0 saturated heterocycles. The van der Waals surface area contributed by atoms with E-state index >= 15 is 0 Å². The molecule has 5 rings (SSSR count). The minimum absolute atomic E-state index is 0.114. The molecule has 0 aliphatic carbocycles. The Bertz CT molecular complexity index is 1390. The Hall–Kier alpha value is -4.13. The summed E-state index contributed by atoms with van der Waals surface area (Å²) in [5.74, 6) is 0.571. The Balaban J connectivity index is 1.71. The van der Waals surface area contributed by atoms with Gasteiger partial charge in [0.1, 0.15) is 11.6 Å². The number of aryl methyl sites for hydroxylation is 1. The van der Waals surface area contributed by atoms with Crippen molar-refractivity contribution in [2.45, 2.75) is 0 Å². The van der Waals surface area contributed by atoms with Gasteiger partial charge < -0.3 is 19.4 Å². The van der Waals surface area contributed by atoms with Gasteiger partial charge in [0, 0.05) is 18.0 Å². The molecule has 1 aliphatic heterocycles. The normalized spacial score (nSPS) is 12.2. The Morgan fingerprint density at radius 1 is 1.00 bits per heavy atom. The lowest BCUT2D eigenvalue weighted by Crippen LogP contribution is -2.21. The van der Waals surface area contributed by atoms with Crippen LogP contribution in [0.4, 0.5) is 10.2 Å². The van der Waals surface area contributed by atoms with Crippen LogP contribution in [0.25, 0.3) is 22.0 Å². The molecule has 4 aromatic rings. The maximum Gasteiger partial charge on any atom is 0.256 e. The summed E-state index contributed by atoms with van der Waals surface area (Å²) < 4.78 is 25.9. The number of carbonyl (C=O) groups excluding carboxylic acids is 1. The number of anilines is 1. The van der Waals surface area contributed by atoms with Crippen molar-refractivity contribution < 1.29 is 18.7 Å². The Morgan fingerprint density at radius 3 is 2.55 bits per heavy atom. The zero-order valence-corrected chi connectivity index (χ0v) is 16.5. The number of fused-ring (bicyclic) bond motifs is 2. The van der Waals surface area contributed by atoms with Gasteiger partial charge in [-0.3, -0.25) is 9.59 Å². The standard InChI is InChI=1S/C24H17FN2O4/c1-27-18-5-3-2-4-17(18)22(28)21(15-8-11-19-20(12-15)31-13-30-19)23(27)26-24(29)14-6-9-16(25)10-7-14/h2-12H,13H2,1H3,(H,26,29). The molecule has 154 valence electrons. The zero-order valence-electron chi connectivity index (χ0n) is 16.5. The van der Waals surface area contributed by atoms with E-state index in [2.05, 4.69) is 5.32 Å². The number of nitrogens with zero attached hydrogens (tertiary/aromatic N) is 1. The van der Waals surface area contributed by atoms with Crippen molar-refractivity contribution in [2.24, 2.45) is 7.05 Å². The highest BCUT2D eigenvalue weighted by Crippen LogP contribution is 2.37. The Labute approximate surface area is 176 Å². The van der Waals surface area contributed by atoms with Crippen LogP contribution in [0.3, 0.4) is 0 Å². The minimum atomic E-state index is -0.452. The summed E-state index contributed by atoms with van der Waals surface area (Å²) in [6, 6.07) is 17.6. The molecule has 6 nitrogen and oxygen atoms in total. The van der Waals surface area contributed by atoms with Crippen molar-refractivity contribution >= 4 is 22.6 Å². The molecule has 0 spiro atoms. The second-order valence-corrected chi connectivity index (χ2v) is 7.16. The monoisotopic (exact) mass is 416 g/mol. The lowest BCUT2D eigenvalue weighted by atomic mass is 10.0. The van der Waals surface area contributed by atoms with Gasteiger partial charge >= 0.3 is 0 Å². The molecule has 1 aromatic heterocycles. The van der Waals surface area contributed by atoms with Crippen molar-refractivity contribution in [3.8, 4) is 22.6 Å². The molecule has 0 saturated carbocycles.